The third kappa shape index (κ3) is 10.1. The van der Waals surface area contributed by atoms with E-state index in [9.17, 15) is 14.4 Å². The Bertz CT molecular complexity index is 559. The summed E-state index contributed by atoms with van der Waals surface area (Å²) in [5.74, 6) is -2.64. The second kappa shape index (κ2) is 15.5. The van der Waals surface area contributed by atoms with Crippen LogP contribution in [0.1, 0.15) is 85.0 Å². The van der Waals surface area contributed by atoms with Crippen molar-refractivity contribution in [2.75, 3.05) is 19.4 Å². The van der Waals surface area contributed by atoms with Gasteiger partial charge in [0, 0.05) is 23.8 Å². The minimum absolute atomic E-state index is 0.247. The fraction of sp³-hybridized carbons (Fsp3) is 0.875. The highest BCUT2D eigenvalue weighted by atomic mass is 32.1. The highest BCUT2D eigenvalue weighted by Crippen LogP contribution is 2.22. The first-order valence-electron chi connectivity index (χ1n) is 12.2. The molecule has 0 aromatic carbocycles. The van der Waals surface area contributed by atoms with Gasteiger partial charge < -0.3 is 20.1 Å². The van der Waals surface area contributed by atoms with Gasteiger partial charge in [-0.2, -0.15) is 12.6 Å². The van der Waals surface area contributed by atoms with Gasteiger partial charge in [-0.15, -0.1) is 0 Å². The predicted molar refractivity (Wildman–Crippen MR) is 130 cm³/mol. The molecule has 0 saturated heterocycles. The molecule has 0 spiro atoms. The number of amides is 1. The molecule has 2 atom stereocenters. The number of aliphatic carboxylic acids is 1. The van der Waals surface area contributed by atoms with E-state index in [4.69, 9.17) is 5.11 Å². The number of carboxylic acids is 1. The Labute approximate surface area is 199 Å². The molecule has 186 valence electrons. The summed E-state index contributed by atoms with van der Waals surface area (Å²) in [5, 5.41) is 12.8. The van der Waals surface area contributed by atoms with Crippen molar-refractivity contribution in [2.45, 2.75) is 103 Å². The molecule has 1 unspecified atom stereocenters. The van der Waals surface area contributed by atoms with E-state index in [2.05, 4.69) is 22.7 Å². The van der Waals surface area contributed by atoms with Gasteiger partial charge in [0.05, 0.1) is 7.11 Å². The summed E-state index contributed by atoms with van der Waals surface area (Å²) in [6, 6.07) is 0.838. The molecule has 0 radical (unpaired) electrons. The van der Waals surface area contributed by atoms with Gasteiger partial charge in [-0.1, -0.05) is 59.3 Å². The fourth-order valence-corrected chi connectivity index (χ4v) is 4.73. The Balaban J connectivity index is 0.000000339. The molecule has 2 saturated carbocycles. The van der Waals surface area contributed by atoms with E-state index in [0.29, 0.717) is 0 Å². The van der Waals surface area contributed by atoms with Crippen LogP contribution >= 0.6 is 12.6 Å². The van der Waals surface area contributed by atoms with Crippen molar-refractivity contribution in [3.63, 3.8) is 0 Å². The molecule has 0 aromatic rings. The molecule has 2 rings (SSSR count). The molecule has 2 fully saturated rings. The van der Waals surface area contributed by atoms with Crippen molar-refractivity contribution in [3.8, 4) is 0 Å². The molecular weight excluding hydrogens is 428 g/mol. The average molecular weight is 473 g/mol. The first kappa shape index (κ1) is 28.8. The van der Waals surface area contributed by atoms with Crippen LogP contribution in [0.3, 0.4) is 0 Å². The minimum atomic E-state index is -1.17. The van der Waals surface area contributed by atoms with Crippen LogP contribution in [0, 0.1) is 11.8 Å². The summed E-state index contributed by atoms with van der Waals surface area (Å²) < 4.78 is 4.65. The maximum atomic E-state index is 12.2. The van der Waals surface area contributed by atoms with Crippen LogP contribution in [-0.2, 0) is 19.1 Å². The number of hydrogen-bond donors (Lipinski definition) is 3. The molecule has 0 bridgehead atoms. The Morgan fingerprint density at radius 2 is 1.44 bits per heavy atom. The van der Waals surface area contributed by atoms with Gasteiger partial charge in [0.1, 0.15) is 12.6 Å². The monoisotopic (exact) mass is 472 g/mol. The standard InChI is InChI=1S/C12H21NO5S.C12H23N/c1-7(2)10(12(17)18-4)13(5-9(14)15)11(16)8(3)6-19;1-3-7-11(8-4-1)13-12-9-5-2-6-10-12/h7-8,10,19H,5-6H2,1-4H3,(H,14,15);11-13H,1-10H2/t8?,10-;/m1./s1. The number of esters is 1. The summed E-state index contributed by atoms with van der Waals surface area (Å²) in [6.45, 7) is 4.57. The van der Waals surface area contributed by atoms with Crippen molar-refractivity contribution in [1.82, 2.24) is 10.2 Å². The minimum Gasteiger partial charge on any atom is -0.480 e. The van der Waals surface area contributed by atoms with Gasteiger partial charge in [0.25, 0.3) is 0 Å². The molecule has 0 aromatic heterocycles. The number of nitrogens with one attached hydrogen (secondary N) is 1. The van der Waals surface area contributed by atoms with Gasteiger partial charge in [-0.25, -0.2) is 4.79 Å². The number of ether oxygens (including phenoxy) is 1. The Morgan fingerprint density at radius 1 is 0.969 bits per heavy atom. The van der Waals surface area contributed by atoms with Crippen molar-refractivity contribution >= 4 is 30.5 Å². The summed E-state index contributed by atoms with van der Waals surface area (Å²) in [5.41, 5.74) is 0. The number of hydrogen-bond acceptors (Lipinski definition) is 6. The van der Waals surface area contributed by atoms with Gasteiger partial charge in [-0.3, -0.25) is 9.59 Å². The van der Waals surface area contributed by atoms with Gasteiger partial charge >= 0.3 is 11.9 Å². The second-order valence-electron chi connectivity index (χ2n) is 9.49. The summed E-state index contributed by atoms with van der Waals surface area (Å²) in [6.07, 6.45) is 14.6. The molecule has 32 heavy (non-hydrogen) atoms. The Kier molecular flexibility index (Phi) is 14.0. The SMILES string of the molecule is C1CCC(NC2CCCCC2)CC1.COC(=O)[C@@H](C(C)C)N(CC(=O)O)C(=O)C(C)CS. The van der Waals surface area contributed by atoms with Crippen molar-refractivity contribution in [1.29, 1.82) is 0 Å². The average Bonchev–Trinajstić information content (AvgIpc) is 2.78. The van der Waals surface area contributed by atoms with Gasteiger partial charge in [0.15, 0.2) is 0 Å². The molecule has 2 N–H and O–H groups in total. The van der Waals surface area contributed by atoms with Crippen LogP contribution < -0.4 is 5.32 Å². The Morgan fingerprint density at radius 3 is 1.78 bits per heavy atom. The largest absolute Gasteiger partial charge is 0.480 e. The summed E-state index contributed by atoms with van der Waals surface area (Å²) >= 11 is 4.02. The van der Waals surface area contributed by atoms with E-state index in [-0.39, 0.29) is 11.7 Å². The van der Waals surface area contributed by atoms with Crippen molar-refractivity contribution < 1.29 is 24.2 Å². The number of nitrogens with zero attached hydrogens (tertiary/aromatic N) is 1. The van der Waals surface area contributed by atoms with Crippen molar-refractivity contribution in [3.05, 3.63) is 0 Å². The lowest BCUT2D eigenvalue weighted by Crippen LogP contribution is -2.52. The van der Waals surface area contributed by atoms with E-state index in [1.165, 1.54) is 71.3 Å². The Hall–Kier alpha value is -1.28. The maximum absolute atomic E-state index is 12.2. The molecule has 0 heterocycles. The zero-order chi connectivity index (χ0) is 24.1. The first-order valence-corrected chi connectivity index (χ1v) is 12.8. The summed E-state index contributed by atoms with van der Waals surface area (Å²) in [7, 11) is 1.21. The van der Waals surface area contributed by atoms with Crippen LogP contribution in [0.2, 0.25) is 0 Å². The molecular formula is C24H44N2O5S. The highest BCUT2D eigenvalue weighted by Gasteiger charge is 2.36. The van der Waals surface area contributed by atoms with E-state index >= 15 is 0 Å². The van der Waals surface area contributed by atoms with Crippen LogP contribution in [0.5, 0.6) is 0 Å². The van der Waals surface area contributed by atoms with E-state index in [1.807, 2.05) is 0 Å². The normalized spacial score (nSPS) is 19.4. The topological polar surface area (TPSA) is 95.9 Å². The zero-order valence-electron chi connectivity index (χ0n) is 20.3. The van der Waals surface area contributed by atoms with E-state index in [1.54, 1.807) is 20.8 Å². The van der Waals surface area contributed by atoms with Gasteiger partial charge in [-0.05, 0) is 31.6 Å². The number of carbonyl (C=O) groups is 3. The lowest BCUT2D eigenvalue weighted by Gasteiger charge is -2.32. The highest BCUT2D eigenvalue weighted by molar-refractivity contribution is 7.80. The van der Waals surface area contributed by atoms with Crippen molar-refractivity contribution in [2.24, 2.45) is 11.8 Å². The smallest absolute Gasteiger partial charge is 0.328 e. The lowest BCUT2D eigenvalue weighted by atomic mass is 9.91. The first-order chi connectivity index (χ1) is 15.2. The molecule has 1 amide bonds. The number of carboxylic acid groups (broad SMARTS) is 1. The predicted octanol–water partition coefficient (Wildman–Crippen LogP) is 3.90. The van der Waals surface area contributed by atoms with E-state index in [0.717, 1.165) is 17.0 Å². The van der Waals surface area contributed by atoms with Crippen LogP contribution in [0.25, 0.3) is 0 Å². The van der Waals surface area contributed by atoms with E-state index < -0.39 is 36.4 Å². The zero-order valence-corrected chi connectivity index (χ0v) is 21.2. The number of thiol groups is 1. The molecule has 0 aliphatic heterocycles. The van der Waals surface area contributed by atoms with Crippen LogP contribution in [0.15, 0.2) is 0 Å². The lowest BCUT2D eigenvalue weighted by molar-refractivity contribution is -0.159. The molecule has 7 nitrogen and oxygen atoms in total. The van der Waals surface area contributed by atoms with Crippen LogP contribution in [-0.4, -0.2) is 65.4 Å². The quantitative estimate of drug-likeness (QED) is 0.348. The molecule has 2 aliphatic rings. The molecule has 2 aliphatic carbocycles. The number of rotatable bonds is 9. The maximum Gasteiger partial charge on any atom is 0.328 e. The second-order valence-corrected chi connectivity index (χ2v) is 9.86. The van der Waals surface area contributed by atoms with Gasteiger partial charge in [0.2, 0.25) is 5.91 Å². The fourth-order valence-electron chi connectivity index (χ4n) is 4.57. The number of carbonyl (C=O) groups excluding carboxylic acids is 2. The third-order valence-corrected chi connectivity index (χ3v) is 6.92. The third-order valence-electron chi connectivity index (χ3n) is 6.38. The number of methoxy groups -OCH3 is 1. The molecule has 8 heteroatoms. The van der Waals surface area contributed by atoms with Crippen LogP contribution in [0.4, 0.5) is 0 Å². The summed E-state index contributed by atoms with van der Waals surface area (Å²) in [4.78, 5) is 35.9.